The van der Waals surface area contributed by atoms with E-state index in [0.717, 1.165) is 6.42 Å². The molecule has 0 bridgehead atoms. The van der Waals surface area contributed by atoms with Gasteiger partial charge in [0.15, 0.2) is 11.5 Å². The number of hydrogen-bond acceptors (Lipinski definition) is 3. The molecule has 0 amide bonds. The van der Waals surface area contributed by atoms with Crippen molar-refractivity contribution in [1.82, 2.24) is 0 Å². The molecule has 2 aromatic carbocycles. The van der Waals surface area contributed by atoms with Crippen LogP contribution in [0.15, 0.2) is 42.5 Å². The number of methoxy groups -OCH3 is 2. The molecular weight excluding hydrogens is 252 g/mol. The molecule has 0 saturated carbocycles. The van der Waals surface area contributed by atoms with Crippen LogP contribution in [0, 0.1) is 0 Å². The van der Waals surface area contributed by atoms with Crippen molar-refractivity contribution >= 4 is 0 Å². The number of hydrogen-bond donors (Lipinski definition) is 0. The van der Waals surface area contributed by atoms with Gasteiger partial charge in [-0.25, -0.2) is 0 Å². The zero-order valence-electron chi connectivity index (χ0n) is 12.2. The molecule has 3 heteroatoms. The number of ether oxygens (including phenoxy) is 3. The van der Waals surface area contributed by atoms with Crippen molar-refractivity contribution in [2.75, 3.05) is 14.2 Å². The number of rotatable bonds is 6. The molecule has 0 aliphatic rings. The summed E-state index contributed by atoms with van der Waals surface area (Å²) >= 11 is 0. The third kappa shape index (κ3) is 3.05. The third-order valence-electron chi connectivity index (χ3n) is 3.25. The summed E-state index contributed by atoms with van der Waals surface area (Å²) in [5.74, 6) is 2.00. The van der Waals surface area contributed by atoms with Crippen LogP contribution in [0.2, 0.25) is 0 Å². The number of aryl methyl sites for hydroxylation is 1. The molecule has 3 nitrogen and oxygen atoms in total. The standard InChI is InChI=1S/C17H20O3/c1-4-13-8-5-6-9-14(13)12-20-17-15(18-2)10-7-11-16(17)19-3/h5-11H,4,12H2,1-3H3. The lowest BCUT2D eigenvalue weighted by Gasteiger charge is -2.15. The van der Waals surface area contributed by atoms with E-state index in [9.17, 15) is 0 Å². The van der Waals surface area contributed by atoms with Gasteiger partial charge in [-0.15, -0.1) is 0 Å². The highest BCUT2D eigenvalue weighted by atomic mass is 16.5. The summed E-state index contributed by atoms with van der Waals surface area (Å²) in [4.78, 5) is 0. The molecular formula is C17H20O3. The van der Waals surface area contributed by atoms with Gasteiger partial charge in [-0.1, -0.05) is 37.3 Å². The number of para-hydroxylation sites is 1. The monoisotopic (exact) mass is 272 g/mol. The first kappa shape index (κ1) is 14.3. The predicted octanol–water partition coefficient (Wildman–Crippen LogP) is 3.85. The lowest BCUT2D eigenvalue weighted by atomic mass is 10.1. The summed E-state index contributed by atoms with van der Waals surface area (Å²) in [6.45, 7) is 2.64. The second kappa shape index (κ2) is 6.85. The van der Waals surface area contributed by atoms with Gasteiger partial charge in [-0.05, 0) is 29.7 Å². The molecule has 0 saturated heterocycles. The van der Waals surface area contributed by atoms with E-state index in [1.807, 2.05) is 30.3 Å². The maximum absolute atomic E-state index is 5.93. The predicted molar refractivity (Wildman–Crippen MR) is 79.7 cm³/mol. The summed E-state index contributed by atoms with van der Waals surface area (Å²) in [6, 6.07) is 13.9. The third-order valence-corrected chi connectivity index (χ3v) is 3.25. The minimum absolute atomic E-state index is 0.501. The van der Waals surface area contributed by atoms with Crippen molar-refractivity contribution in [2.24, 2.45) is 0 Å². The van der Waals surface area contributed by atoms with E-state index in [2.05, 4.69) is 19.1 Å². The lowest BCUT2D eigenvalue weighted by molar-refractivity contribution is 0.265. The van der Waals surface area contributed by atoms with Gasteiger partial charge in [0.25, 0.3) is 0 Å². The first-order valence-electron chi connectivity index (χ1n) is 6.70. The minimum atomic E-state index is 0.501. The fourth-order valence-electron chi connectivity index (χ4n) is 2.15. The Morgan fingerprint density at radius 3 is 1.95 bits per heavy atom. The van der Waals surface area contributed by atoms with E-state index in [-0.39, 0.29) is 0 Å². The Labute approximate surface area is 120 Å². The first-order valence-corrected chi connectivity index (χ1v) is 6.70. The van der Waals surface area contributed by atoms with Crippen LogP contribution in [0.1, 0.15) is 18.1 Å². The van der Waals surface area contributed by atoms with Gasteiger partial charge in [-0.2, -0.15) is 0 Å². The zero-order chi connectivity index (χ0) is 14.4. The summed E-state index contributed by atoms with van der Waals surface area (Å²) in [5, 5.41) is 0. The average Bonchev–Trinajstić information content (AvgIpc) is 2.52. The molecule has 0 unspecified atom stereocenters. The highest BCUT2D eigenvalue weighted by Crippen LogP contribution is 2.37. The smallest absolute Gasteiger partial charge is 0.203 e. The van der Waals surface area contributed by atoms with Crippen LogP contribution in [-0.4, -0.2) is 14.2 Å². The normalized spacial score (nSPS) is 10.2. The maximum Gasteiger partial charge on any atom is 0.203 e. The molecule has 0 fully saturated rings. The molecule has 0 aromatic heterocycles. The minimum Gasteiger partial charge on any atom is -0.493 e. The molecule has 2 aromatic rings. The summed E-state index contributed by atoms with van der Waals surface area (Å²) in [6.07, 6.45) is 0.989. The van der Waals surface area contributed by atoms with Crippen molar-refractivity contribution in [2.45, 2.75) is 20.0 Å². The molecule has 0 atom stereocenters. The largest absolute Gasteiger partial charge is 0.493 e. The Morgan fingerprint density at radius 1 is 0.800 bits per heavy atom. The molecule has 20 heavy (non-hydrogen) atoms. The summed E-state index contributed by atoms with van der Waals surface area (Å²) in [5.41, 5.74) is 2.48. The molecule has 0 radical (unpaired) electrons. The zero-order valence-corrected chi connectivity index (χ0v) is 12.2. The topological polar surface area (TPSA) is 27.7 Å². The van der Waals surface area contributed by atoms with Gasteiger partial charge in [-0.3, -0.25) is 0 Å². The van der Waals surface area contributed by atoms with Crippen molar-refractivity contribution in [3.05, 3.63) is 53.6 Å². The van der Waals surface area contributed by atoms with E-state index >= 15 is 0 Å². The molecule has 0 N–H and O–H groups in total. The van der Waals surface area contributed by atoms with Crippen LogP contribution in [0.3, 0.4) is 0 Å². The molecule has 0 aliphatic carbocycles. The Kier molecular flexibility index (Phi) is 4.88. The fourth-order valence-corrected chi connectivity index (χ4v) is 2.15. The van der Waals surface area contributed by atoms with Gasteiger partial charge in [0, 0.05) is 0 Å². The Bertz CT molecular complexity index is 542. The fraction of sp³-hybridized carbons (Fsp3) is 0.294. The highest BCUT2D eigenvalue weighted by molar-refractivity contribution is 5.51. The quantitative estimate of drug-likeness (QED) is 0.799. The van der Waals surface area contributed by atoms with E-state index < -0.39 is 0 Å². The van der Waals surface area contributed by atoms with Crippen LogP contribution in [0.25, 0.3) is 0 Å². The van der Waals surface area contributed by atoms with Crippen LogP contribution >= 0.6 is 0 Å². The molecule has 0 heterocycles. The van der Waals surface area contributed by atoms with E-state index in [4.69, 9.17) is 14.2 Å². The summed E-state index contributed by atoms with van der Waals surface area (Å²) < 4.78 is 16.6. The van der Waals surface area contributed by atoms with Crippen LogP contribution in [0.4, 0.5) is 0 Å². The molecule has 0 aliphatic heterocycles. The first-order chi connectivity index (χ1) is 9.80. The second-order valence-corrected chi connectivity index (χ2v) is 4.40. The van der Waals surface area contributed by atoms with E-state index in [1.54, 1.807) is 14.2 Å². The van der Waals surface area contributed by atoms with Crippen LogP contribution in [-0.2, 0) is 13.0 Å². The Hall–Kier alpha value is -2.16. The van der Waals surface area contributed by atoms with E-state index in [0.29, 0.717) is 23.9 Å². The van der Waals surface area contributed by atoms with Gasteiger partial charge in [0.05, 0.1) is 14.2 Å². The SMILES string of the molecule is CCc1ccccc1COc1c(OC)cccc1OC. The van der Waals surface area contributed by atoms with Crippen LogP contribution < -0.4 is 14.2 Å². The van der Waals surface area contributed by atoms with E-state index in [1.165, 1.54) is 11.1 Å². The molecule has 106 valence electrons. The maximum atomic E-state index is 5.93. The Balaban J connectivity index is 2.22. The average molecular weight is 272 g/mol. The molecule has 2 rings (SSSR count). The van der Waals surface area contributed by atoms with Crippen molar-refractivity contribution in [3.63, 3.8) is 0 Å². The Morgan fingerprint density at radius 2 is 1.40 bits per heavy atom. The number of benzene rings is 2. The second-order valence-electron chi connectivity index (χ2n) is 4.40. The van der Waals surface area contributed by atoms with Crippen molar-refractivity contribution < 1.29 is 14.2 Å². The van der Waals surface area contributed by atoms with Gasteiger partial charge >= 0.3 is 0 Å². The van der Waals surface area contributed by atoms with Gasteiger partial charge < -0.3 is 14.2 Å². The lowest BCUT2D eigenvalue weighted by Crippen LogP contribution is -2.02. The van der Waals surface area contributed by atoms with Crippen molar-refractivity contribution in [1.29, 1.82) is 0 Å². The van der Waals surface area contributed by atoms with Crippen LogP contribution in [0.5, 0.6) is 17.2 Å². The van der Waals surface area contributed by atoms with Gasteiger partial charge in [0.1, 0.15) is 6.61 Å². The highest BCUT2D eigenvalue weighted by Gasteiger charge is 2.12. The van der Waals surface area contributed by atoms with Crippen molar-refractivity contribution in [3.8, 4) is 17.2 Å². The summed E-state index contributed by atoms with van der Waals surface area (Å²) in [7, 11) is 3.25. The molecule has 0 spiro atoms. The van der Waals surface area contributed by atoms with Gasteiger partial charge in [0.2, 0.25) is 5.75 Å².